The summed E-state index contributed by atoms with van der Waals surface area (Å²) in [4.78, 5) is 2.51. The van der Waals surface area contributed by atoms with Crippen molar-refractivity contribution in [1.29, 1.82) is 0 Å². The van der Waals surface area contributed by atoms with Gasteiger partial charge in [0.15, 0.2) is 0 Å². The summed E-state index contributed by atoms with van der Waals surface area (Å²) in [5.41, 5.74) is 10.7. The molecule has 0 saturated carbocycles. The molecule has 2 nitrogen and oxygen atoms in total. The minimum absolute atomic E-state index is 0.355. The molecular formula is C17H29BN2. The summed E-state index contributed by atoms with van der Waals surface area (Å²) in [5, 5.41) is 0. The summed E-state index contributed by atoms with van der Waals surface area (Å²) in [5.74, 6) is 0.855. The van der Waals surface area contributed by atoms with Crippen LogP contribution in [0, 0.1) is 5.92 Å². The predicted molar refractivity (Wildman–Crippen MR) is 88.0 cm³/mol. The van der Waals surface area contributed by atoms with Crippen molar-refractivity contribution in [3.63, 3.8) is 0 Å². The zero-order valence-corrected chi connectivity index (χ0v) is 13.2. The standard InChI is InChI=1S/C17H29BN2/c1-3-17(19)12-20-10-15(11-20)9-16-5-4-14(6-7-18)8-13(16)2/h8,15,17H,3-7,9-12,19H2,1-2H3. The maximum Gasteiger partial charge on any atom is 0.0657 e. The van der Waals surface area contributed by atoms with Crippen molar-refractivity contribution in [1.82, 2.24) is 4.90 Å². The number of nitrogens with zero attached hydrogens (tertiary/aromatic N) is 1. The molecule has 1 atom stereocenters. The molecule has 0 aromatic heterocycles. The van der Waals surface area contributed by atoms with Gasteiger partial charge in [0, 0.05) is 25.7 Å². The lowest BCUT2D eigenvalue weighted by Gasteiger charge is -2.41. The highest BCUT2D eigenvalue weighted by Crippen LogP contribution is 2.32. The molecule has 3 heteroatoms. The molecule has 1 saturated heterocycles. The third kappa shape index (κ3) is 4.23. The summed E-state index contributed by atoms with van der Waals surface area (Å²) in [6, 6.07) is 0.355. The molecular weight excluding hydrogens is 243 g/mol. The molecule has 1 heterocycles. The maximum atomic E-state index is 6.01. The van der Waals surface area contributed by atoms with Crippen LogP contribution >= 0.6 is 0 Å². The zero-order valence-electron chi connectivity index (χ0n) is 13.2. The van der Waals surface area contributed by atoms with Crippen LogP contribution in [0.1, 0.15) is 46.0 Å². The molecule has 1 aliphatic carbocycles. The smallest absolute Gasteiger partial charge is 0.0657 e. The van der Waals surface area contributed by atoms with Crippen molar-refractivity contribution < 1.29 is 0 Å². The molecule has 0 spiro atoms. The second kappa shape index (κ2) is 7.47. The van der Waals surface area contributed by atoms with Gasteiger partial charge in [0.1, 0.15) is 0 Å². The van der Waals surface area contributed by atoms with Crippen molar-refractivity contribution in [3.05, 3.63) is 22.8 Å². The first-order valence-corrected chi connectivity index (χ1v) is 8.18. The Balaban J connectivity index is 1.77. The van der Waals surface area contributed by atoms with E-state index in [0.29, 0.717) is 6.04 Å². The quantitative estimate of drug-likeness (QED) is 0.722. The normalized spacial score (nSPS) is 22.6. The average Bonchev–Trinajstić information content (AvgIpc) is 2.38. The van der Waals surface area contributed by atoms with E-state index in [1.165, 1.54) is 43.5 Å². The first-order valence-electron chi connectivity index (χ1n) is 8.18. The van der Waals surface area contributed by atoms with E-state index >= 15 is 0 Å². The highest BCUT2D eigenvalue weighted by molar-refractivity contribution is 6.08. The number of likely N-dealkylation sites (tertiary alicyclic amines) is 1. The third-order valence-corrected chi connectivity index (χ3v) is 4.78. The van der Waals surface area contributed by atoms with Gasteiger partial charge in [-0.2, -0.15) is 0 Å². The van der Waals surface area contributed by atoms with Gasteiger partial charge in [0.25, 0.3) is 0 Å². The number of nitrogens with two attached hydrogens (primary N) is 1. The first-order chi connectivity index (χ1) is 9.62. The number of hydrogen-bond acceptors (Lipinski definition) is 2. The number of allylic oxidation sites excluding steroid dienone is 4. The van der Waals surface area contributed by atoms with E-state index in [-0.39, 0.29) is 0 Å². The molecule has 20 heavy (non-hydrogen) atoms. The van der Waals surface area contributed by atoms with Crippen LogP contribution in [0.15, 0.2) is 22.8 Å². The molecule has 110 valence electrons. The topological polar surface area (TPSA) is 29.3 Å². The van der Waals surface area contributed by atoms with Crippen LogP contribution in [0.25, 0.3) is 0 Å². The van der Waals surface area contributed by atoms with E-state index < -0.39 is 0 Å². The van der Waals surface area contributed by atoms with Crippen molar-refractivity contribution in [2.24, 2.45) is 11.7 Å². The third-order valence-electron chi connectivity index (χ3n) is 4.78. The molecule has 1 unspecified atom stereocenters. The molecule has 0 bridgehead atoms. The molecule has 2 N–H and O–H groups in total. The van der Waals surface area contributed by atoms with Gasteiger partial charge in [-0.15, -0.1) is 0 Å². The van der Waals surface area contributed by atoms with Gasteiger partial charge in [0.05, 0.1) is 7.85 Å². The van der Waals surface area contributed by atoms with Gasteiger partial charge < -0.3 is 10.6 Å². The second-order valence-corrected chi connectivity index (χ2v) is 6.58. The van der Waals surface area contributed by atoms with Gasteiger partial charge in [-0.25, -0.2) is 0 Å². The summed E-state index contributed by atoms with van der Waals surface area (Å²) in [7, 11) is 5.64. The lowest BCUT2D eigenvalue weighted by Crippen LogP contribution is -2.51. The van der Waals surface area contributed by atoms with Crippen molar-refractivity contribution in [3.8, 4) is 0 Å². The number of rotatable bonds is 7. The Hall–Kier alpha value is -0.535. The van der Waals surface area contributed by atoms with Crippen LogP contribution in [0.2, 0.25) is 6.32 Å². The summed E-state index contributed by atoms with van der Waals surface area (Å²) in [6.07, 6.45) is 9.08. The van der Waals surface area contributed by atoms with Crippen LogP contribution < -0.4 is 5.73 Å². The Kier molecular flexibility index (Phi) is 5.92. The monoisotopic (exact) mass is 272 g/mol. The Morgan fingerprint density at radius 2 is 2.15 bits per heavy atom. The summed E-state index contributed by atoms with van der Waals surface area (Å²) in [6.45, 7) is 8.00. The molecule has 0 amide bonds. The van der Waals surface area contributed by atoms with Crippen LogP contribution in [-0.2, 0) is 0 Å². The van der Waals surface area contributed by atoms with Gasteiger partial charge in [0.2, 0.25) is 0 Å². The van der Waals surface area contributed by atoms with E-state index in [0.717, 1.165) is 31.6 Å². The van der Waals surface area contributed by atoms with Crippen LogP contribution in [0.5, 0.6) is 0 Å². The second-order valence-electron chi connectivity index (χ2n) is 6.58. The van der Waals surface area contributed by atoms with Crippen LogP contribution in [-0.4, -0.2) is 38.4 Å². The van der Waals surface area contributed by atoms with Crippen LogP contribution in [0.4, 0.5) is 0 Å². The SMILES string of the molecule is [B]CCC1=CC(C)=C(CC2CN(CC(N)CC)C2)CC1. The van der Waals surface area contributed by atoms with E-state index in [1.54, 1.807) is 5.57 Å². The Bertz CT molecular complexity index is 380. The fourth-order valence-electron chi connectivity index (χ4n) is 3.40. The molecule has 0 aromatic carbocycles. The van der Waals surface area contributed by atoms with Gasteiger partial charge >= 0.3 is 0 Å². The fourth-order valence-corrected chi connectivity index (χ4v) is 3.40. The van der Waals surface area contributed by atoms with Gasteiger partial charge in [-0.3, -0.25) is 0 Å². The average molecular weight is 272 g/mol. The minimum Gasteiger partial charge on any atom is -0.327 e. The van der Waals surface area contributed by atoms with E-state index in [1.807, 2.05) is 0 Å². The number of hydrogen-bond donors (Lipinski definition) is 1. The lowest BCUT2D eigenvalue weighted by atomic mass is 9.82. The largest absolute Gasteiger partial charge is 0.327 e. The van der Waals surface area contributed by atoms with Crippen molar-refractivity contribution in [2.45, 2.75) is 58.3 Å². The van der Waals surface area contributed by atoms with E-state index in [4.69, 9.17) is 13.6 Å². The van der Waals surface area contributed by atoms with Gasteiger partial charge in [-0.1, -0.05) is 36.0 Å². The summed E-state index contributed by atoms with van der Waals surface area (Å²) >= 11 is 0. The Morgan fingerprint density at radius 1 is 1.40 bits per heavy atom. The molecule has 0 aromatic rings. The Labute approximate surface area is 125 Å². The Morgan fingerprint density at radius 3 is 2.75 bits per heavy atom. The first kappa shape index (κ1) is 15.8. The molecule has 2 rings (SSSR count). The summed E-state index contributed by atoms with van der Waals surface area (Å²) < 4.78 is 0. The van der Waals surface area contributed by atoms with Crippen molar-refractivity contribution in [2.75, 3.05) is 19.6 Å². The zero-order chi connectivity index (χ0) is 14.5. The van der Waals surface area contributed by atoms with Crippen molar-refractivity contribution >= 4 is 7.85 Å². The molecule has 1 fully saturated rings. The predicted octanol–water partition coefficient (Wildman–Crippen LogP) is 3.06. The lowest BCUT2D eigenvalue weighted by molar-refractivity contribution is 0.0923. The van der Waals surface area contributed by atoms with Gasteiger partial charge in [-0.05, 0) is 44.9 Å². The fraction of sp³-hybridized carbons (Fsp3) is 0.765. The minimum atomic E-state index is 0.355. The molecule has 2 aliphatic rings. The molecule has 1 aliphatic heterocycles. The van der Waals surface area contributed by atoms with E-state index in [2.05, 4.69) is 24.8 Å². The molecule has 2 radical (unpaired) electrons. The maximum absolute atomic E-state index is 6.01. The van der Waals surface area contributed by atoms with Crippen LogP contribution in [0.3, 0.4) is 0 Å². The van der Waals surface area contributed by atoms with E-state index in [9.17, 15) is 0 Å². The highest BCUT2D eigenvalue weighted by atomic mass is 15.2. The highest BCUT2D eigenvalue weighted by Gasteiger charge is 2.28.